The van der Waals surface area contributed by atoms with Gasteiger partial charge in [-0.3, -0.25) is 0 Å². The molecule has 0 saturated heterocycles. The normalized spacial score (nSPS) is 10.6. The van der Waals surface area contributed by atoms with E-state index in [0.29, 0.717) is 6.42 Å². The van der Waals surface area contributed by atoms with Crippen LogP contribution in [0.15, 0.2) is 0 Å². The summed E-state index contributed by atoms with van der Waals surface area (Å²) in [6, 6.07) is 0. The summed E-state index contributed by atoms with van der Waals surface area (Å²) >= 11 is 0. The lowest BCUT2D eigenvalue weighted by Crippen LogP contribution is -2.45. The number of hydrogen-bond acceptors (Lipinski definition) is 3. The van der Waals surface area contributed by atoms with Crippen LogP contribution in [0.4, 0.5) is 0 Å². The van der Waals surface area contributed by atoms with Crippen LogP contribution in [0, 0.1) is 0 Å². The maximum atomic E-state index is 9.49. The van der Waals surface area contributed by atoms with Gasteiger partial charge in [-0.1, -0.05) is 13.3 Å². The molecule has 0 fully saturated rings. The first-order valence-corrected chi connectivity index (χ1v) is 5.98. The Bertz CT molecular complexity index is 168. The van der Waals surface area contributed by atoms with Gasteiger partial charge in [0, 0.05) is 13.1 Å². The number of carboxylic acids is 1. The van der Waals surface area contributed by atoms with Gasteiger partial charge in [-0.25, -0.2) is 0 Å². The van der Waals surface area contributed by atoms with Crippen LogP contribution in [0.1, 0.15) is 33.6 Å². The zero-order chi connectivity index (χ0) is 13.0. The second-order valence-electron chi connectivity index (χ2n) is 4.09. The number of hydrogen-bond donors (Lipinski definition) is 0. The maximum absolute atomic E-state index is 9.49. The van der Waals surface area contributed by atoms with Gasteiger partial charge in [0.1, 0.15) is 6.54 Å². The summed E-state index contributed by atoms with van der Waals surface area (Å²) in [7, 11) is 4.02. The highest BCUT2D eigenvalue weighted by molar-refractivity contribution is 5.63. The molecule has 98 valence electrons. The molecule has 0 N–H and O–H groups in total. The molecule has 16 heavy (non-hydrogen) atoms. The molecule has 0 amide bonds. The molecule has 0 aliphatic carbocycles. The van der Waals surface area contributed by atoms with E-state index in [-0.39, 0.29) is 6.42 Å². The van der Waals surface area contributed by atoms with E-state index in [1.807, 2.05) is 0 Å². The average Bonchev–Trinajstić information content (AvgIpc) is 2.26. The molecule has 0 aromatic heterocycles. The third kappa shape index (κ3) is 11.5. The number of carbonyl (C=O) groups excluding carboxylic acids is 1. The summed E-state index contributed by atoms with van der Waals surface area (Å²) in [6.07, 6.45) is 0.850. The molecule has 0 radical (unpaired) electrons. The molecule has 0 spiro atoms. The van der Waals surface area contributed by atoms with E-state index in [0.717, 1.165) is 17.6 Å². The first kappa shape index (κ1) is 17.8. The van der Waals surface area contributed by atoms with Crippen LogP contribution in [0.25, 0.3) is 0 Å². The molecule has 0 bridgehead atoms. The minimum absolute atomic E-state index is 0.181. The van der Waals surface area contributed by atoms with Crippen molar-refractivity contribution in [3.05, 3.63) is 0 Å². The van der Waals surface area contributed by atoms with E-state index in [1.54, 1.807) is 14.0 Å². The highest BCUT2D eigenvalue weighted by Gasteiger charge is 2.14. The van der Waals surface area contributed by atoms with Crippen LogP contribution < -0.4 is 5.11 Å². The van der Waals surface area contributed by atoms with E-state index in [2.05, 4.69) is 20.9 Å². The predicted molar refractivity (Wildman–Crippen MR) is 63.9 cm³/mol. The standard InChI is InChI=1S/C8H20NO.C4H8O2/c1-5-9(3,6-2)7-8-10-4;1-2-3-4(5)6/h5-8H2,1-4H3;2-3H2,1H3,(H,5,6)/q+1;/p-1. The second-order valence-corrected chi connectivity index (χ2v) is 4.09. The molecule has 0 rings (SSSR count). The van der Waals surface area contributed by atoms with E-state index in [1.165, 1.54) is 13.1 Å². The fourth-order valence-corrected chi connectivity index (χ4v) is 1.06. The van der Waals surface area contributed by atoms with E-state index < -0.39 is 5.97 Å². The van der Waals surface area contributed by atoms with Crippen molar-refractivity contribution in [2.45, 2.75) is 33.6 Å². The maximum Gasteiger partial charge on any atom is 0.102 e. The van der Waals surface area contributed by atoms with Crippen molar-refractivity contribution in [3.8, 4) is 0 Å². The number of likely N-dealkylation sites (N-methyl/N-ethyl adjacent to an activating group) is 1. The molecular formula is C12H27NO3. The van der Waals surface area contributed by atoms with Crippen molar-refractivity contribution in [2.75, 3.05) is 40.4 Å². The number of methoxy groups -OCH3 is 1. The Morgan fingerprint density at radius 1 is 1.25 bits per heavy atom. The molecule has 0 atom stereocenters. The second kappa shape index (κ2) is 10.9. The van der Waals surface area contributed by atoms with E-state index in [4.69, 9.17) is 4.74 Å². The van der Waals surface area contributed by atoms with Crippen LogP contribution in [0.2, 0.25) is 0 Å². The van der Waals surface area contributed by atoms with Gasteiger partial charge in [0.05, 0.1) is 26.7 Å². The Morgan fingerprint density at radius 2 is 1.75 bits per heavy atom. The molecule has 4 nitrogen and oxygen atoms in total. The summed E-state index contributed by atoms with van der Waals surface area (Å²) in [5.41, 5.74) is 0. The van der Waals surface area contributed by atoms with Crippen molar-refractivity contribution >= 4 is 5.97 Å². The first-order valence-electron chi connectivity index (χ1n) is 5.98. The number of rotatable bonds is 7. The van der Waals surface area contributed by atoms with Gasteiger partial charge in [-0.2, -0.15) is 0 Å². The summed E-state index contributed by atoms with van der Waals surface area (Å²) in [5, 5.41) is 9.49. The Morgan fingerprint density at radius 3 is 1.94 bits per heavy atom. The molecule has 0 unspecified atom stereocenters. The van der Waals surface area contributed by atoms with Crippen LogP contribution in [-0.4, -0.2) is 50.9 Å². The summed E-state index contributed by atoms with van der Waals surface area (Å²) in [5.74, 6) is -0.961. The number of ether oxygens (including phenoxy) is 1. The highest BCUT2D eigenvalue weighted by atomic mass is 16.5. The Hall–Kier alpha value is -0.610. The smallest absolute Gasteiger partial charge is 0.102 e. The zero-order valence-corrected chi connectivity index (χ0v) is 11.4. The van der Waals surface area contributed by atoms with Gasteiger partial charge in [-0.15, -0.1) is 0 Å². The lowest BCUT2D eigenvalue weighted by atomic mass is 10.4. The highest BCUT2D eigenvalue weighted by Crippen LogP contribution is 1.99. The Balaban J connectivity index is 0. The van der Waals surface area contributed by atoms with Gasteiger partial charge in [0.25, 0.3) is 0 Å². The quantitative estimate of drug-likeness (QED) is 0.607. The van der Waals surface area contributed by atoms with E-state index >= 15 is 0 Å². The molecule has 0 saturated carbocycles. The molecule has 0 heterocycles. The molecule has 0 aliphatic rings. The largest absolute Gasteiger partial charge is 0.550 e. The number of carboxylic acid groups (broad SMARTS) is 1. The summed E-state index contributed by atoms with van der Waals surface area (Å²) < 4.78 is 6.14. The minimum atomic E-state index is -0.961. The van der Waals surface area contributed by atoms with Crippen molar-refractivity contribution in [1.29, 1.82) is 0 Å². The first-order chi connectivity index (χ1) is 7.45. The van der Waals surface area contributed by atoms with Crippen LogP contribution in [0.5, 0.6) is 0 Å². The van der Waals surface area contributed by atoms with Crippen LogP contribution in [-0.2, 0) is 9.53 Å². The molecule has 4 heteroatoms. The predicted octanol–water partition coefficient (Wildman–Crippen LogP) is 0.656. The number of carbonyl (C=O) groups is 1. The van der Waals surface area contributed by atoms with Crippen LogP contribution >= 0.6 is 0 Å². The zero-order valence-electron chi connectivity index (χ0n) is 11.4. The summed E-state index contributed by atoms with van der Waals surface area (Å²) in [6.45, 7) is 10.6. The number of nitrogens with zero attached hydrogens (tertiary/aromatic N) is 1. The monoisotopic (exact) mass is 233 g/mol. The molecular weight excluding hydrogens is 206 g/mol. The van der Waals surface area contributed by atoms with Crippen LogP contribution in [0.3, 0.4) is 0 Å². The lowest BCUT2D eigenvalue weighted by Gasteiger charge is -2.31. The lowest BCUT2D eigenvalue weighted by molar-refractivity contribution is -0.906. The SMILES string of the molecule is CCCC(=O)[O-].CC[N+](C)(CC)CCOC. The van der Waals surface area contributed by atoms with Crippen molar-refractivity contribution in [3.63, 3.8) is 0 Å². The van der Waals surface area contributed by atoms with Gasteiger partial charge >= 0.3 is 0 Å². The number of aliphatic carboxylic acids is 1. The fraction of sp³-hybridized carbons (Fsp3) is 0.917. The minimum Gasteiger partial charge on any atom is -0.550 e. The molecule has 0 aromatic carbocycles. The average molecular weight is 233 g/mol. The Labute approximate surface area is 99.8 Å². The Kier molecular flexibility index (Phi) is 12.1. The number of quaternary nitrogens is 1. The topological polar surface area (TPSA) is 49.4 Å². The van der Waals surface area contributed by atoms with E-state index in [9.17, 15) is 9.90 Å². The van der Waals surface area contributed by atoms with Crippen molar-refractivity contribution in [2.24, 2.45) is 0 Å². The van der Waals surface area contributed by atoms with Crippen molar-refractivity contribution < 1.29 is 19.1 Å². The van der Waals surface area contributed by atoms with Crippen molar-refractivity contribution in [1.82, 2.24) is 0 Å². The third-order valence-corrected chi connectivity index (χ3v) is 2.82. The van der Waals surface area contributed by atoms with Gasteiger partial charge in [-0.05, 0) is 20.3 Å². The molecule has 0 aromatic rings. The van der Waals surface area contributed by atoms with Gasteiger partial charge < -0.3 is 19.1 Å². The van der Waals surface area contributed by atoms with Gasteiger partial charge in [0.15, 0.2) is 0 Å². The molecule has 0 aliphatic heterocycles. The summed E-state index contributed by atoms with van der Waals surface area (Å²) in [4.78, 5) is 9.49. The fourth-order valence-electron chi connectivity index (χ4n) is 1.06. The third-order valence-electron chi connectivity index (χ3n) is 2.82. The van der Waals surface area contributed by atoms with Gasteiger partial charge in [0.2, 0.25) is 0 Å².